The van der Waals surface area contributed by atoms with Gasteiger partial charge in [0.1, 0.15) is 5.75 Å². The Bertz CT molecular complexity index is 489. The van der Waals surface area contributed by atoms with E-state index in [2.05, 4.69) is 22.5 Å². The smallest absolute Gasteiger partial charge is 0.255 e. The van der Waals surface area contributed by atoms with E-state index in [-0.39, 0.29) is 17.2 Å². The van der Waals surface area contributed by atoms with Gasteiger partial charge in [-0.2, -0.15) is 0 Å². The van der Waals surface area contributed by atoms with Gasteiger partial charge in [0.2, 0.25) is 0 Å². The van der Waals surface area contributed by atoms with Crippen LogP contribution in [0.2, 0.25) is 0 Å². The Kier molecular flexibility index (Phi) is 8.49. The molecule has 0 radical (unpaired) electrons. The molecule has 0 bridgehead atoms. The first kappa shape index (κ1) is 17.8. The number of carbonyl (C=O) groups is 1. The number of hydrogen-bond acceptors (Lipinski definition) is 3. The summed E-state index contributed by atoms with van der Waals surface area (Å²) in [5.74, 6) is 0.0596. The Labute approximate surface area is 131 Å². The maximum Gasteiger partial charge on any atom is 0.255 e. The van der Waals surface area contributed by atoms with Gasteiger partial charge < -0.3 is 21.5 Å². The van der Waals surface area contributed by atoms with Gasteiger partial charge in [0.25, 0.3) is 5.91 Å². The summed E-state index contributed by atoms with van der Waals surface area (Å²) in [6, 6.07) is 6.43. The molecule has 1 aromatic rings. The van der Waals surface area contributed by atoms with Gasteiger partial charge in [-0.3, -0.25) is 9.79 Å². The number of unbranched alkanes of at least 4 members (excludes halogenated alkanes) is 3. The fourth-order valence-corrected chi connectivity index (χ4v) is 1.92. The van der Waals surface area contributed by atoms with Gasteiger partial charge in [0.05, 0.1) is 5.56 Å². The normalized spacial score (nSPS) is 11.2. The predicted octanol–water partition coefficient (Wildman–Crippen LogP) is 1.61. The number of carbonyl (C=O) groups excluding carboxylic acids is 1. The molecule has 6 heteroatoms. The van der Waals surface area contributed by atoms with E-state index in [1.165, 1.54) is 25.3 Å². The first-order valence-electron chi connectivity index (χ1n) is 7.75. The summed E-state index contributed by atoms with van der Waals surface area (Å²) in [4.78, 5) is 16.0. The van der Waals surface area contributed by atoms with Crippen LogP contribution in [0.1, 0.15) is 43.0 Å². The molecule has 0 aliphatic rings. The van der Waals surface area contributed by atoms with Crippen molar-refractivity contribution in [3.05, 3.63) is 29.8 Å². The highest BCUT2D eigenvalue weighted by atomic mass is 16.3. The summed E-state index contributed by atoms with van der Waals surface area (Å²) in [7, 11) is 0. The van der Waals surface area contributed by atoms with Crippen LogP contribution in [0, 0.1) is 0 Å². The highest BCUT2D eigenvalue weighted by molar-refractivity contribution is 5.96. The number of nitrogens with zero attached hydrogens (tertiary/aromatic N) is 1. The van der Waals surface area contributed by atoms with E-state index < -0.39 is 0 Å². The standard InChI is InChI=1S/C16H26N4O2/c1-2-3-4-7-10-19-16(17)20-12-11-18-15(22)13-8-5-6-9-14(13)21/h5-6,8-9,21H,2-4,7,10-12H2,1H3,(H,18,22)(H3,17,19,20). The topological polar surface area (TPSA) is 99.7 Å². The van der Waals surface area contributed by atoms with Crippen molar-refractivity contribution < 1.29 is 9.90 Å². The number of nitrogens with one attached hydrogen (secondary N) is 2. The van der Waals surface area contributed by atoms with Crippen LogP contribution in [0.4, 0.5) is 0 Å². The van der Waals surface area contributed by atoms with Gasteiger partial charge in [0, 0.05) is 19.6 Å². The summed E-state index contributed by atoms with van der Waals surface area (Å²) in [5.41, 5.74) is 5.99. The van der Waals surface area contributed by atoms with Crippen LogP contribution in [0.15, 0.2) is 29.3 Å². The van der Waals surface area contributed by atoms with Crippen LogP contribution in [-0.2, 0) is 0 Å². The number of rotatable bonds is 9. The van der Waals surface area contributed by atoms with Crippen LogP contribution in [-0.4, -0.2) is 36.6 Å². The Morgan fingerprint density at radius 3 is 2.64 bits per heavy atom. The fraction of sp³-hybridized carbons (Fsp3) is 0.500. The number of guanidine groups is 1. The molecular formula is C16H26N4O2. The molecule has 0 atom stereocenters. The monoisotopic (exact) mass is 306 g/mol. The molecule has 5 N–H and O–H groups in total. The molecule has 0 aromatic heterocycles. The molecule has 1 amide bonds. The zero-order valence-corrected chi connectivity index (χ0v) is 13.1. The van der Waals surface area contributed by atoms with Gasteiger partial charge in [0.15, 0.2) is 5.96 Å². The van der Waals surface area contributed by atoms with Crippen molar-refractivity contribution in [3.63, 3.8) is 0 Å². The third-order valence-corrected chi connectivity index (χ3v) is 3.16. The van der Waals surface area contributed by atoms with Gasteiger partial charge in [-0.05, 0) is 18.6 Å². The minimum atomic E-state index is -0.310. The van der Waals surface area contributed by atoms with Gasteiger partial charge in [-0.1, -0.05) is 38.3 Å². The zero-order chi connectivity index (χ0) is 16.2. The van der Waals surface area contributed by atoms with Crippen LogP contribution in [0.25, 0.3) is 0 Å². The predicted molar refractivity (Wildman–Crippen MR) is 89.1 cm³/mol. The summed E-state index contributed by atoms with van der Waals surface area (Å²) in [5, 5.41) is 15.2. The van der Waals surface area contributed by atoms with E-state index in [0.29, 0.717) is 19.0 Å². The van der Waals surface area contributed by atoms with Crippen LogP contribution >= 0.6 is 0 Å². The highest BCUT2D eigenvalue weighted by Crippen LogP contribution is 2.14. The molecule has 0 aliphatic heterocycles. The quantitative estimate of drug-likeness (QED) is 0.316. The third-order valence-electron chi connectivity index (χ3n) is 3.16. The number of phenolic OH excluding ortho intramolecular Hbond substituents is 1. The van der Waals surface area contributed by atoms with E-state index in [4.69, 9.17) is 5.73 Å². The summed E-state index contributed by atoms with van der Waals surface area (Å²) in [6.45, 7) is 3.79. The molecule has 0 saturated heterocycles. The summed E-state index contributed by atoms with van der Waals surface area (Å²) < 4.78 is 0. The lowest BCUT2D eigenvalue weighted by atomic mass is 10.2. The van der Waals surface area contributed by atoms with E-state index in [1.807, 2.05) is 0 Å². The number of benzene rings is 1. The Morgan fingerprint density at radius 1 is 1.18 bits per heavy atom. The molecule has 0 heterocycles. The average molecular weight is 306 g/mol. The van der Waals surface area contributed by atoms with E-state index >= 15 is 0 Å². The molecular weight excluding hydrogens is 280 g/mol. The van der Waals surface area contributed by atoms with E-state index in [9.17, 15) is 9.90 Å². The molecule has 0 fully saturated rings. The molecule has 0 aliphatic carbocycles. The second kappa shape index (κ2) is 10.5. The first-order chi connectivity index (χ1) is 10.6. The molecule has 22 heavy (non-hydrogen) atoms. The minimum absolute atomic E-state index is 0.0267. The average Bonchev–Trinajstić information content (AvgIpc) is 2.51. The van der Waals surface area contributed by atoms with Gasteiger partial charge >= 0.3 is 0 Å². The van der Waals surface area contributed by atoms with Gasteiger partial charge in [-0.15, -0.1) is 0 Å². The van der Waals surface area contributed by atoms with Crippen LogP contribution in [0.5, 0.6) is 5.75 Å². The number of aromatic hydroxyl groups is 1. The molecule has 1 rings (SSSR count). The van der Waals surface area contributed by atoms with Gasteiger partial charge in [-0.25, -0.2) is 0 Å². The SMILES string of the molecule is CCCCCCN=C(N)NCCNC(=O)c1ccccc1O. The number of nitrogens with two attached hydrogens (primary N) is 1. The van der Waals surface area contributed by atoms with Crippen molar-refractivity contribution in [1.29, 1.82) is 0 Å². The Balaban J connectivity index is 2.18. The Hall–Kier alpha value is -2.24. The number of para-hydroxylation sites is 1. The molecule has 122 valence electrons. The van der Waals surface area contributed by atoms with Crippen molar-refractivity contribution >= 4 is 11.9 Å². The van der Waals surface area contributed by atoms with Crippen molar-refractivity contribution in [1.82, 2.24) is 10.6 Å². The van der Waals surface area contributed by atoms with Crippen molar-refractivity contribution in [3.8, 4) is 5.75 Å². The summed E-state index contributed by atoms with van der Waals surface area (Å²) >= 11 is 0. The largest absolute Gasteiger partial charge is 0.507 e. The number of hydrogen-bond donors (Lipinski definition) is 4. The maximum atomic E-state index is 11.8. The van der Waals surface area contributed by atoms with E-state index in [0.717, 1.165) is 13.0 Å². The van der Waals surface area contributed by atoms with Crippen molar-refractivity contribution in [2.24, 2.45) is 10.7 Å². The molecule has 6 nitrogen and oxygen atoms in total. The van der Waals surface area contributed by atoms with Crippen molar-refractivity contribution in [2.75, 3.05) is 19.6 Å². The zero-order valence-electron chi connectivity index (χ0n) is 13.1. The molecule has 0 unspecified atom stereocenters. The molecule has 0 saturated carbocycles. The Morgan fingerprint density at radius 2 is 1.91 bits per heavy atom. The number of aliphatic imine (C=N–C) groups is 1. The lowest BCUT2D eigenvalue weighted by Gasteiger charge is -2.08. The lowest BCUT2D eigenvalue weighted by Crippen LogP contribution is -2.38. The number of amides is 1. The second-order valence-corrected chi connectivity index (χ2v) is 5.03. The second-order valence-electron chi connectivity index (χ2n) is 5.03. The van der Waals surface area contributed by atoms with Crippen LogP contribution in [0.3, 0.4) is 0 Å². The lowest BCUT2D eigenvalue weighted by molar-refractivity contribution is 0.0951. The minimum Gasteiger partial charge on any atom is -0.507 e. The van der Waals surface area contributed by atoms with Crippen molar-refractivity contribution in [2.45, 2.75) is 32.6 Å². The molecule has 1 aromatic carbocycles. The first-order valence-corrected chi connectivity index (χ1v) is 7.75. The fourth-order valence-electron chi connectivity index (χ4n) is 1.92. The van der Waals surface area contributed by atoms with Crippen LogP contribution < -0.4 is 16.4 Å². The third kappa shape index (κ3) is 6.97. The summed E-state index contributed by atoms with van der Waals surface area (Å²) in [6.07, 6.45) is 4.64. The number of phenols is 1. The molecule has 0 spiro atoms. The maximum absolute atomic E-state index is 11.8. The van der Waals surface area contributed by atoms with E-state index in [1.54, 1.807) is 18.2 Å². The highest BCUT2D eigenvalue weighted by Gasteiger charge is 2.08.